The van der Waals surface area contributed by atoms with E-state index in [4.69, 9.17) is 5.11 Å². The van der Waals surface area contributed by atoms with Crippen molar-refractivity contribution in [1.82, 2.24) is 5.32 Å². The molecule has 1 atom stereocenters. The largest absolute Gasteiger partial charge is 0.394 e. The summed E-state index contributed by atoms with van der Waals surface area (Å²) in [4.78, 5) is 0. The molecule has 0 amide bonds. The molecule has 0 saturated heterocycles. The fourth-order valence-electron chi connectivity index (χ4n) is 1.27. The van der Waals surface area contributed by atoms with E-state index in [-0.39, 0.29) is 12.1 Å². The molecule has 0 aromatic heterocycles. The van der Waals surface area contributed by atoms with E-state index >= 15 is 0 Å². The molecule has 0 rings (SSSR count). The Labute approximate surface area is 81.2 Å². The van der Waals surface area contributed by atoms with Crippen molar-refractivity contribution < 1.29 is 10.2 Å². The molecule has 0 bridgehead atoms. The summed E-state index contributed by atoms with van der Waals surface area (Å²) in [5.41, 5.74) is -0.464. The second kappa shape index (κ2) is 4.40. The molecule has 0 aliphatic rings. The van der Waals surface area contributed by atoms with Gasteiger partial charge in [0.25, 0.3) is 0 Å². The van der Waals surface area contributed by atoms with Crippen molar-refractivity contribution in [1.29, 1.82) is 0 Å². The quantitative estimate of drug-likeness (QED) is 0.602. The predicted molar refractivity (Wildman–Crippen MR) is 54.7 cm³/mol. The normalized spacial score (nSPS) is 15.9. The van der Waals surface area contributed by atoms with Gasteiger partial charge in [-0.1, -0.05) is 6.92 Å². The van der Waals surface area contributed by atoms with Gasteiger partial charge in [-0.25, -0.2) is 0 Å². The molecule has 0 spiro atoms. The Morgan fingerprint density at radius 3 is 2.00 bits per heavy atom. The number of aliphatic hydroxyl groups excluding tert-OH is 2. The van der Waals surface area contributed by atoms with E-state index in [1.807, 2.05) is 13.8 Å². The van der Waals surface area contributed by atoms with E-state index in [2.05, 4.69) is 26.1 Å². The average molecular weight is 189 g/mol. The highest BCUT2D eigenvalue weighted by atomic mass is 16.3. The first kappa shape index (κ1) is 12.9. The lowest BCUT2D eigenvalue weighted by Crippen LogP contribution is -2.58. The van der Waals surface area contributed by atoms with Crippen LogP contribution in [-0.2, 0) is 0 Å². The van der Waals surface area contributed by atoms with Crippen LogP contribution in [0.2, 0.25) is 0 Å². The average Bonchev–Trinajstić information content (AvgIpc) is 2.01. The van der Waals surface area contributed by atoms with Crippen LogP contribution in [0.3, 0.4) is 0 Å². The van der Waals surface area contributed by atoms with Gasteiger partial charge < -0.3 is 15.5 Å². The van der Waals surface area contributed by atoms with Crippen molar-refractivity contribution in [2.75, 3.05) is 6.61 Å². The topological polar surface area (TPSA) is 52.5 Å². The Morgan fingerprint density at radius 1 is 1.23 bits per heavy atom. The van der Waals surface area contributed by atoms with Crippen LogP contribution < -0.4 is 5.32 Å². The van der Waals surface area contributed by atoms with Crippen molar-refractivity contribution in [2.24, 2.45) is 0 Å². The summed E-state index contributed by atoms with van der Waals surface area (Å²) >= 11 is 0. The molecule has 3 nitrogen and oxygen atoms in total. The second-order valence-electron chi connectivity index (χ2n) is 4.78. The van der Waals surface area contributed by atoms with Gasteiger partial charge in [0.2, 0.25) is 0 Å². The lowest BCUT2D eigenvalue weighted by molar-refractivity contribution is 0.0156. The third kappa shape index (κ3) is 4.07. The highest BCUT2D eigenvalue weighted by Gasteiger charge is 2.32. The third-order valence-corrected chi connectivity index (χ3v) is 2.55. The smallest absolute Gasteiger partial charge is 0.0946 e. The summed E-state index contributed by atoms with van der Waals surface area (Å²) in [6, 6.07) is 0. The van der Waals surface area contributed by atoms with Crippen LogP contribution in [0.1, 0.15) is 41.0 Å². The summed E-state index contributed by atoms with van der Waals surface area (Å²) in [6.07, 6.45) is 0.257. The van der Waals surface area contributed by atoms with Crippen LogP contribution >= 0.6 is 0 Å². The molecular formula is C10H23NO2. The molecule has 3 N–H and O–H groups in total. The van der Waals surface area contributed by atoms with E-state index in [1.54, 1.807) is 0 Å². The van der Waals surface area contributed by atoms with Crippen LogP contribution in [0.15, 0.2) is 0 Å². The fourth-order valence-corrected chi connectivity index (χ4v) is 1.27. The molecule has 1 unspecified atom stereocenters. The summed E-state index contributed by atoms with van der Waals surface area (Å²) in [6.45, 7) is 9.84. The molecule has 0 fully saturated rings. The summed E-state index contributed by atoms with van der Waals surface area (Å²) in [5, 5.41) is 21.7. The maximum absolute atomic E-state index is 9.53. The van der Waals surface area contributed by atoms with Crippen molar-refractivity contribution >= 4 is 0 Å². The standard InChI is InChI=1S/C10H23NO2/c1-6-9(2,3)11-10(4,5)8(13)7-12/h8,11-13H,6-7H2,1-5H3. The number of aliphatic hydroxyl groups is 2. The van der Waals surface area contributed by atoms with Gasteiger partial charge in [-0.3, -0.25) is 0 Å². The van der Waals surface area contributed by atoms with Gasteiger partial charge in [0, 0.05) is 11.1 Å². The molecule has 0 radical (unpaired) electrons. The Morgan fingerprint density at radius 2 is 1.69 bits per heavy atom. The third-order valence-electron chi connectivity index (χ3n) is 2.55. The lowest BCUT2D eigenvalue weighted by Gasteiger charge is -2.39. The van der Waals surface area contributed by atoms with Crippen molar-refractivity contribution in [3.8, 4) is 0 Å². The molecule has 0 saturated carbocycles. The molecule has 0 aliphatic carbocycles. The zero-order valence-corrected chi connectivity index (χ0v) is 9.39. The monoisotopic (exact) mass is 189 g/mol. The van der Waals surface area contributed by atoms with Crippen LogP contribution in [0.4, 0.5) is 0 Å². The Hall–Kier alpha value is -0.120. The number of nitrogens with one attached hydrogen (secondary N) is 1. The molecular weight excluding hydrogens is 166 g/mol. The molecule has 0 heterocycles. The molecule has 0 aromatic rings. The predicted octanol–water partition coefficient (Wildman–Crippen LogP) is 0.896. The Bertz CT molecular complexity index is 155. The number of rotatable bonds is 5. The van der Waals surface area contributed by atoms with E-state index in [0.29, 0.717) is 0 Å². The van der Waals surface area contributed by atoms with E-state index in [9.17, 15) is 5.11 Å². The first-order valence-corrected chi connectivity index (χ1v) is 4.83. The minimum absolute atomic E-state index is 0.0142. The molecule has 13 heavy (non-hydrogen) atoms. The van der Waals surface area contributed by atoms with Gasteiger partial charge in [0.15, 0.2) is 0 Å². The van der Waals surface area contributed by atoms with Gasteiger partial charge in [-0.15, -0.1) is 0 Å². The van der Waals surface area contributed by atoms with Crippen molar-refractivity contribution in [3.05, 3.63) is 0 Å². The fraction of sp³-hybridized carbons (Fsp3) is 1.00. The van der Waals surface area contributed by atoms with E-state index in [0.717, 1.165) is 6.42 Å². The second-order valence-corrected chi connectivity index (χ2v) is 4.78. The number of hydrogen-bond donors (Lipinski definition) is 3. The zero-order chi connectivity index (χ0) is 10.7. The van der Waals surface area contributed by atoms with Gasteiger partial charge in [-0.2, -0.15) is 0 Å². The SMILES string of the molecule is CCC(C)(C)NC(C)(C)C(O)CO. The Kier molecular flexibility index (Phi) is 4.36. The summed E-state index contributed by atoms with van der Waals surface area (Å²) < 4.78 is 0. The molecule has 0 aliphatic heterocycles. The van der Waals surface area contributed by atoms with Crippen LogP contribution in [0.25, 0.3) is 0 Å². The maximum atomic E-state index is 9.53. The van der Waals surface area contributed by atoms with Crippen molar-refractivity contribution in [2.45, 2.75) is 58.2 Å². The van der Waals surface area contributed by atoms with Crippen LogP contribution in [0.5, 0.6) is 0 Å². The van der Waals surface area contributed by atoms with Gasteiger partial charge in [0.1, 0.15) is 0 Å². The van der Waals surface area contributed by atoms with Gasteiger partial charge >= 0.3 is 0 Å². The maximum Gasteiger partial charge on any atom is 0.0946 e. The van der Waals surface area contributed by atoms with Crippen LogP contribution in [0, 0.1) is 0 Å². The molecule has 0 aromatic carbocycles. The van der Waals surface area contributed by atoms with E-state index < -0.39 is 11.6 Å². The van der Waals surface area contributed by atoms with Crippen molar-refractivity contribution in [3.63, 3.8) is 0 Å². The summed E-state index contributed by atoms with van der Waals surface area (Å²) in [7, 11) is 0. The highest BCUT2D eigenvalue weighted by molar-refractivity contribution is 4.92. The molecule has 80 valence electrons. The highest BCUT2D eigenvalue weighted by Crippen LogP contribution is 2.17. The van der Waals surface area contributed by atoms with Gasteiger partial charge in [0.05, 0.1) is 12.7 Å². The van der Waals surface area contributed by atoms with Gasteiger partial charge in [-0.05, 0) is 34.1 Å². The number of hydrogen-bond acceptors (Lipinski definition) is 3. The minimum Gasteiger partial charge on any atom is -0.394 e. The first-order chi connectivity index (χ1) is 5.75. The molecule has 3 heteroatoms. The lowest BCUT2D eigenvalue weighted by atomic mass is 9.91. The Balaban J connectivity index is 4.32. The minimum atomic E-state index is -0.724. The summed E-state index contributed by atoms with van der Waals surface area (Å²) in [5.74, 6) is 0. The first-order valence-electron chi connectivity index (χ1n) is 4.83. The van der Waals surface area contributed by atoms with Crippen LogP contribution in [-0.4, -0.2) is 34.0 Å². The zero-order valence-electron chi connectivity index (χ0n) is 9.39. The van der Waals surface area contributed by atoms with E-state index in [1.165, 1.54) is 0 Å².